The van der Waals surface area contributed by atoms with Gasteiger partial charge >= 0.3 is 6.18 Å². The Morgan fingerprint density at radius 1 is 1.19 bits per heavy atom. The molecule has 1 aliphatic rings. The molecule has 0 radical (unpaired) electrons. The van der Waals surface area contributed by atoms with Gasteiger partial charge in [0.1, 0.15) is 0 Å². The van der Waals surface area contributed by atoms with E-state index in [0.717, 1.165) is 29.5 Å². The molecule has 0 bridgehead atoms. The number of benzene rings is 2. The summed E-state index contributed by atoms with van der Waals surface area (Å²) in [5.41, 5.74) is 0.188. The van der Waals surface area contributed by atoms with E-state index in [1.807, 2.05) is 30.3 Å². The first kappa shape index (κ1) is 19.0. The van der Waals surface area contributed by atoms with Gasteiger partial charge in [-0.1, -0.05) is 42.1 Å². The highest BCUT2D eigenvalue weighted by molar-refractivity contribution is 8.04. The van der Waals surface area contributed by atoms with Crippen LogP contribution in [0.2, 0.25) is 0 Å². The second-order valence-corrected chi connectivity index (χ2v) is 7.04. The molecule has 0 aliphatic carbocycles. The highest BCUT2D eigenvalue weighted by Crippen LogP contribution is 2.41. The van der Waals surface area contributed by atoms with E-state index >= 15 is 0 Å². The maximum atomic E-state index is 12.8. The van der Waals surface area contributed by atoms with Crippen molar-refractivity contribution in [2.75, 3.05) is 12.4 Å². The summed E-state index contributed by atoms with van der Waals surface area (Å²) in [6.45, 7) is 0.376. The van der Waals surface area contributed by atoms with Crippen LogP contribution in [0.25, 0.3) is 0 Å². The van der Waals surface area contributed by atoms with E-state index in [0.29, 0.717) is 11.4 Å². The Labute approximate surface area is 158 Å². The van der Waals surface area contributed by atoms with Gasteiger partial charge in [-0.15, -0.1) is 0 Å². The molecule has 2 aromatic rings. The zero-order valence-electron chi connectivity index (χ0n) is 14.2. The second kappa shape index (κ2) is 7.48. The van der Waals surface area contributed by atoms with Gasteiger partial charge in [-0.3, -0.25) is 9.59 Å². The third-order valence-electron chi connectivity index (χ3n) is 3.89. The Morgan fingerprint density at radius 2 is 1.89 bits per heavy atom. The molecule has 0 aromatic heterocycles. The SMILES string of the molecule is CN(Cc1ccccc1)C(=O)/C=C1/Sc2ccc(C(F)(F)F)cc2NC1=O. The van der Waals surface area contributed by atoms with Crippen LogP contribution in [-0.4, -0.2) is 23.8 Å². The minimum atomic E-state index is -4.49. The number of rotatable bonds is 3. The average molecular weight is 392 g/mol. The second-order valence-electron chi connectivity index (χ2n) is 5.95. The molecule has 0 spiro atoms. The molecule has 0 fully saturated rings. The molecule has 1 aliphatic heterocycles. The van der Waals surface area contributed by atoms with Crippen LogP contribution in [0.15, 0.2) is 64.4 Å². The van der Waals surface area contributed by atoms with E-state index in [9.17, 15) is 22.8 Å². The highest BCUT2D eigenvalue weighted by atomic mass is 32.2. The van der Waals surface area contributed by atoms with E-state index in [1.54, 1.807) is 7.05 Å². The minimum absolute atomic E-state index is 0.0852. The molecule has 0 saturated carbocycles. The minimum Gasteiger partial charge on any atom is -0.338 e. The molecule has 3 rings (SSSR count). The highest BCUT2D eigenvalue weighted by Gasteiger charge is 2.32. The Hall–Kier alpha value is -2.74. The van der Waals surface area contributed by atoms with Crippen LogP contribution in [0.5, 0.6) is 0 Å². The summed E-state index contributed by atoms with van der Waals surface area (Å²) in [6.07, 6.45) is -3.29. The first-order chi connectivity index (χ1) is 12.7. The zero-order valence-corrected chi connectivity index (χ0v) is 15.0. The van der Waals surface area contributed by atoms with Crippen molar-refractivity contribution in [2.24, 2.45) is 0 Å². The maximum Gasteiger partial charge on any atom is 0.416 e. The van der Waals surface area contributed by atoms with E-state index in [-0.39, 0.29) is 16.5 Å². The van der Waals surface area contributed by atoms with Crippen molar-refractivity contribution in [3.8, 4) is 0 Å². The Kier molecular flexibility index (Phi) is 5.27. The van der Waals surface area contributed by atoms with Crippen LogP contribution in [0.4, 0.5) is 18.9 Å². The fraction of sp³-hybridized carbons (Fsp3) is 0.158. The molecule has 0 unspecified atom stereocenters. The number of amides is 2. The first-order valence-electron chi connectivity index (χ1n) is 7.95. The fourth-order valence-electron chi connectivity index (χ4n) is 2.49. The number of anilines is 1. The monoisotopic (exact) mass is 392 g/mol. The van der Waals surface area contributed by atoms with Crippen molar-refractivity contribution < 1.29 is 22.8 Å². The van der Waals surface area contributed by atoms with Gasteiger partial charge in [-0.25, -0.2) is 0 Å². The number of hydrogen-bond acceptors (Lipinski definition) is 3. The molecule has 0 atom stereocenters. The number of carbonyl (C=O) groups excluding carboxylic acids is 2. The third-order valence-corrected chi connectivity index (χ3v) is 4.99. The van der Waals surface area contributed by atoms with E-state index in [4.69, 9.17) is 0 Å². The van der Waals surface area contributed by atoms with Crippen LogP contribution in [0, 0.1) is 0 Å². The lowest BCUT2D eigenvalue weighted by Crippen LogP contribution is -2.26. The number of alkyl halides is 3. The Balaban J connectivity index is 1.76. The largest absolute Gasteiger partial charge is 0.416 e. The lowest BCUT2D eigenvalue weighted by Gasteiger charge is -2.21. The number of carbonyl (C=O) groups is 2. The number of likely N-dealkylation sites (N-methyl/N-ethyl adjacent to an activating group) is 1. The van der Waals surface area contributed by atoms with Crippen LogP contribution in [-0.2, 0) is 22.3 Å². The summed E-state index contributed by atoms with van der Waals surface area (Å²) in [5.74, 6) is -0.972. The Morgan fingerprint density at radius 3 is 2.56 bits per heavy atom. The summed E-state index contributed by atoms with van der Waals surface area (Å²) in [5, 5.41) is 2.42. The van der Waals surface area contributed by atoms with Gasteiger partial charge in [0, 0.05) is 24.6 Å². The smallest absolute Gasteiger partial charge is 0.338 e. The molecular weight excluding hydrogens is 377 g/mol. The molecule has 140 valence electrons. The van der Waals surface area contributed by atoms with E-state index < -0.39 is 17.6 Å². The van der Waals surface area contributed by atoms with Crippen molar-refractivity contribution >= 4 is 29.3 Å². The number of hydrogen-bond donors (Lipinski definition) is 1. The molecule has 2 aromatic carbocycles. The number of nitrogens with one attached hydrogen (secondary N) is 1. The van der Waals surface area contributed by atoms with Crippen molar-refractivity contribution in [1.29, 1.82) is 0 Å². The zero-order chi connectivity index (χ0) is 19.6. The number of nitrogens with zero attached hydrogens (tertiary/aromatic N) is 1. The summed E-state index contributed by atoms with van der Waals surface area (Å²) in [4.78, 5) is 26.6. The number of fused-ring (bicyclic) bond motifs is 1. The average Bonchev–Trinajstić information content (AvgIpc) is 2.62. The topological polar surface area (TPSA) is 49.4 Å². The third kappa shape index (κ3) is 4.51. The van der Waals surface area contributed by atoms with Gasteiger partial charge < -0.3 is 10.2 Å². The standard InChI is InChI=1S/C19H15F3N2O2S/c1-24(11-12-5-3-2-4-6-12)17(25)10-16-18(26)23-14-9-13(19(20,21)22)7-8-15(14)27-16/h2-10H,11H2,1H3,(H,23,26)/b16-10+. The van der Waals surface area contributed by atoms with E-state index in [1.165, 1.54) is 17.0 Å². The van der Waals surface area contributed by atoms with Crippen molar-refractivity contribution in [3.05, 3.63) is 70.6 Å². The predicted octanol–water partition coefficient (Wildman–Crippen LogP) is 4.29. The summed E-state index contributed by atoms with van der Waals surface area (Å²) < 4.78 is 38.4. The molecule has 4 nitrogen and oxygen atoms in total. The number of thioether (sulfide) groups is 1. The molecule has 0 saturated heterocycles. The van der Waals surface area contributed by atoms with Gasteiger partial charge in [-0.05, 0) is 23.8 Å². The fourth-order valence-corrected chi connectivity index (χ4v) is 3.39. The van der Waals surface area contributed by atoms with Gasteiger partial charge in [0.2, 0.25) is 5.91 Å². The van der Waals surface area contributed by atoms with Crippen LogP contribution in [0.3, 0.4) is 0 Å². The molecule has 27 heavy (non-hydrogen) atoms. The number of halogens is 3. The summed E-state index contributed by atoms with van der Waals surface area (Å²) in [7, 11) is 1.61. The first-order valence-corrected chi connectivity index (χ1v) is 8.77. The lowest BCUT2D eigenvalue weighted by atomic mass is 10.2. The van der Waals surface area contributed by atoms with Gasteiger partial charge in [0.15, 0.2) is 0 Å². The molecular formula is C19H15F3N2O2S. The van der Waals surface area contributed by atoms with Gasteiger partial charge in [0.05, 0.1) is 16.2 Å². The van der Waals surface area contributed by atoms with Crippen LogP contribution < -0.4 is 5.32 Å². The van der Waals surface area contributed by atoms with E-state index in [2.05, 4.69) is 5.32 Å². The van der Waals surface area contributed by atoms with Gasteiger partial charge in [-0.2, -0.15) is 13.2 Å². The van der Waals surface area contributed by atoms with Crippen LogP contribution in [0.1, 0.15) is 11.1 Å². The molecule has 8 heteroatoms. The predicted molar refractivity (Wildman–Crippen MR) is 96.9 cm³/mol. The maximum absolute atomic E-state index is 12.8. The molecule has 2 amide bonds. The normalized spacial score (nSPS) is 15.3. The summed E-state index contributed by atoms with van der Waals surface area (Å²) in [6, 6.07) is 12.5. The summed E-state index contributed by atoms with van der Waals surface area (Å²) >= 11 is 0.971. The molecule has 1 N–H and O–H groups in total. The van der Waals surface area contributed by atoms with Crippen molar-refractivity contribution in [1.82, 2.24) is 4.90 Å². The lowest BCUT2D eigenvalue weighted by molar-refractivity contribution is -0.137. The van der Waals surface area contributed by atoms with Crippen molar-refractivity contribution in [2.45, 2.75) is 17.6 Å². The van der Waals surface area contributed by atoms with Crippen LogP contribution >= 0.6 is 11.8 Å². The molecule has 1 heterocycles. The van der Waals surface area contributed by atoms with Gasteiger partial charge in [0.25, 0.3) is 5.91 Å². The van der Waals surface area contributed by atoms with Crippen molar-refractivity contribution in [3.63, 3.8) is 0 Å². The Bertz CT molecular complexity index is 911. The quantitative estimate of drug-likeness (QED) is 0.793.